The van der Waals surface area contributed by atoms with Gasteiger partial charge in [-0.05, 0) is 24.3 Å². The van der Waals surface area contributed by atoms with E-state index in [0.29, 0.717) is 0 Å². The van der Waals surface area contributed by atoms with Crippen molar-refractivity contribution in [1.29, 1.82) is 0 Å². The molecule has 2 aromatic carbocycles. The van der Waals surface area contributed by atoms with Crippen LogP contribution in [0.2, 0.25) is 0 Å². The van der Waals surface area contributed by atoms with Gasteiger partial charge in [0.25, 0.3) is 0 Å². The van der Waals surface area contributed by atoms with E-state index < -0.39 is 0 Å². The van der Waals surface area contributed by atoms with Crippen LogP contribution in [0.1, 0.15) is 0 Å². The summed E-state index contributed by atoms with van der Waals surface area (Å²) in [6.45, 7) is 0. The zero-order valence-corrected chi connectivity index (χ0v) is 9.25. The number of fused-ring (bicyclic) bond motifs is 5. The van der Waals surface area contributed by atoms with E-state index in [-0.39, 0.29) is 0 Å². The molecule has 0 saturated heterocycles. The Morgan fingerprint density at radius 3 is 2.75 bits per heavy atom. The molecule has 2 heterocycles. The monoisotopic (exact) mass is 224 g/mol. The SMILES string of the molecule is c1ccc2c(c1)sc1ccc3occc3c12. The van der Waals surface area contributed by atoms with E-state index in [1.54, 1.807) is 6.26 Å². The maximum Gasteiger partial charge on any atom is 0.134 e. The first kappa shape index (κ1) is 8.36. The highest BCUT2D eigenvalue weighted by molar-refractivity contribution is 7.26. The standard InChI is InChI=1S/C14H8OS/c1-2-4-12-10(3-1)14-9-7-8-15-11(9)5-6-13(14)16-12/h1-8H. The Morgan fingerprint density at radius 2 is 1.75 bits per heavy atom. The lowest BCUT2D eigenvalue weighted by atomic mass is 10.1. The predicted octanol–water partition coefficient (Wildman–Crippen LogP) is 4.80. The van der Waals surface area contributed by atoms with Crippen LogP contribution in [-0.4, -0.2) is 0 Å². The fourth-order valence-corrected chi connectivity index (χ4v) is 3.39. The van der Waals surface area contributed by atoms with Crippen molar-refractivity contribution in [2.24, 2.45) is 0 Å². The van der Waals surface area contributed by atoms with Crippen molar-refractivity contribution in [2.45, 2.75) is 0 Å². The van der Waals surface area contributed by atoms with Crippen LogP contribution >= 0.6 is 11.3 Å². The Balaban J connectivity index is 2.42. The molecule has 0 bridgehead atoms. The molecular formula is C14H8OS. The molecule has 0 aliphatic carbocycles. The summed E-state index contributed by atoms with van der Waals surface area (Å²) in [4.78, 5) is 0. The summed E-state index contributed by atoms with van der Waals surface area (Å²) in [6.07, 6.45) is 1.76. The van der Waals surface area contributed by atoms with Gasteiger partial charge in [-0.25, -0.2) is 0 Å². The molecule has 0 radical (unpaired) electrons. The third kappa shape index (κ3) is 0.947. The van der Waals surface area contributed by atoms with E-state index >= 15 is 0 Å². The zero-order valence-electron chi connectivity index (χ0n) is 8.44. The normalized spacial score (nSPS) is 11.8. The lowest BCUT2D eigenvalue weighted by Crippen LogP contribution is -1.67. The van der Waals surface area contributed by atoms with Crippen molar-refractivity contribution in [1.82, 2.24) is 0 Å². The molecule has 76 valence electrons. The summed E-state index contributed by atoms with van der Waals surface area (Å²) < 4.78 is 8.12. The molecule has 2 heteroatoms. The van der Waals surface area contributed by atoms with Gasteiger partial charge in [-0.15, -0.1) is 11.3 Å². The van der Waals surface area contributed by atoms with Gasteiger partial charge in [-0.3, -0.25) is 0 Å². The van der Waals surface area contributed by atoms with E-state index in [1.807, 2.05) is 17.4 Å². The number of hydrogen-bond donors (Lipinski definition) is 0. The molecule has 4 rings (SSSR count). The van der Waals surface area contributed by atoms with Crippen LogP contribution in [0.3, 0.4) is 0 Å². The molecule has 0 aliphatic heterocycles. The quantitative estimate of drug-likeness (QED) is 0.418. The molecule has 0 aliphatic rings. The summed E-state index contributed by atoms with van der Waals surface area (Å²) in [5.41, 5.74) is 0.969. The van der Waals surface area contributed by atoms with Gasteiger partial charge < -0.3 is 4.42 Å². The topological polar surface area (TPSA) is 13.1 Å². The number of rotatable bonds is 0. The first-order chi connectivity index (χ1) is 7.93. The van der Waals surface area contributed by atoms with Crippen molar-refractivity contribution >= 4 is 42.5 Å². The van der Waals surface area contributed by atoms with E-state index in [9.17, 15) is 0 Å². The van der Waals surface area contributed by atoms with Gasteiger partial charge in [0.2, 0.25) is 0 Å². The van der Waals surface area contributed by atoms with Gasteiger partial charge >= 0.3 is 0 Å². The first-order valence-electron chi connectivity index (χ1n) is 5.21. The minimum atomic E-state index is 0.969. The van der Waals surface area contributed by atoms with Crippen molar-refractivity contribution in [3.05, 3.63) is 48.7 Å². The van der Waals surface area contributed by atoms with Gasteiger partial charge in [0, 0.05) is 25.6 Å². The number of furan rings is 1. The first-order valence-corrected chi connectivity index (χ1v) is 6.02. The number of hydrogen-bond acceptors (Lipinski definition) is 2. The Hall–Kier alpha value is -1.80. The van der Waals surface area contributed by atoms with Gasteiger partial charge in [0.15, 0.2) is 0 Å². The van der Waals surface area contributed by atoms with Crippen LogP contribution in [0.15, 0.2) is 53.1 Å². The lowest BCUT2D eigenvalue weighted by Gasteiger charge is -1.92. The summed E-state index contributed by atoms with van der Waals surface area (Å²) in [7, 11) is 0. The molecule has 2 aromatic heterocycles. The van der Waals surface area contributed by atoms with Crippen LogP contribution in [0.5, 0.6) is 0 Å². The van der Waals surface area contributed by atoms with Crippen LogP contribution < -0.4 is 0 Å². The molecule has 0 fully saturated rings. The highest BCUT2D eigenvalue weighted by Gasteiger charge is 2.09. The average molecular weight is 224 g/mol. The molecule has 0 spiro atoms. The zero-order chi connectivity index (χ0) is 10.5. The Labute approximate surface area is 95.9 Å². The van der Waals surface area contributed by atoms with Crippen molar-refractivity contribution in [3.63, 3.8) is 0 Å². The molecule has 0 amide bonds. The fraction of sp³-hybridized carbons (Fsp3) is 0. The van der Waals surface area contributed by atoms with Crippen molar-refractivity contribution in [2.75, 3.05) is 0 Å². The third-order valence-corrected chi connectivity index (χ3v) is 4.11. The van der Waals surface area contributed by atoms with Crippen molar-refractivity contribution in [3.8, 4) is 0 Å². The highest BCUT2D eigenvalue weighted by atomic mass is 32.1. The smallest absolute Gasteiger partial charge is 0.134 e. The van der Waals surface area contributed by atoms with Crippen molar-refractivity contribution < 1.29 is 4.42 Å². The minimum Gasteiger partial charge on any atom is -0.464 e. The maximum absolute atomic E-state index is 5.45. The van der Waals surface area contributed by atoms with Gasteiger partial charge in [0.05, 0.1) is 6.26 Å². The average Bonchev–Trinajstić information content (AvgIpc) is 2.91. The van der Waals surface area contributed by atoms with Crippen LogP contribution in [0, 0.1) is 0 Å². The van der Waals surface area contributed by atoms with Crippen LogP contribution in [0.4, 0.5) is 0 Å². The second-order valence-electron chi connectivity index (χ2n) is 3.87. The Bertz CT molecular complexity index is 807. The van der Waals surface area contributed by atoms with Gasteiger partial charge in [-0.2, -0.15) is 0 Å². The number of thiophene rings is 1. The van der Waals surface area contributed by atoms with E-state index in [2.05, 4.69) is 36.4 Å². The van der Waals surface area contributed by atoms with Crippen LogP contribution in [0.25, 0.3) is 31.1 Å². The molecule has 4 aromatic rings. The minimum absolute atomic E-state index is 0.969. The van der Waals surface area contributed by atoms with E-state index in [1.165, 1.54) is 25.6 Å². The van der Waals surface area contributed by atoms with Gasteiger partial charge in [0.1, 0.15) is 5.58 Å². The van der Waals surface area contributed by atoms with Gasteiger partial charge in [-0.1, -0.05) is 18.2 Å². The van der Waals surface area contributed by atoms with E-state index in [4.69, 9.17) is 4.42 Å². The predicted molar refractivity (Wildman–Crippen MR) is 69.1 cm³/mol. The second kappa shape index (κ2) is 2.86. The Morgan fingerprint density at radius 1 is 0.812 bits per heavy atom. The lowest BCUT2D eigenvalue weighted by molar-refractivity contribution is 0.616. The highest BCUT2D eigenvalue weighted by Crippen LogP contribution is 2.38. The van der Waals surface area contributed by atoms with Crippen LogP contribution in [-0.2, 0) is 0 Å². The molecule has 0 atom stereocenters. The van der Waals surface area contributed by atoms with E-state index in [0.717, 1.165) is 5.58 Å². The Kier molecular flexibility index (Phi) is 1.50. The summed E-state index contributed by atoms with van der Waals surface area (Å²) in [6, 6.07) is 14.8. The fourth-order valence-electron chi connectivity index (χ4n) is 2.27. The molecular weight excluding hydrogens is 216 g/mol. The largest absolute Gasteiger partial charge is 0.464 e. The molecule has 0 N–H and O–H groups in total. The summed E-state index contributed by atoms with van der Waals surface area (Å²) >= 11 is 1.84. The summed E-state index contributed by atoms with van der Waals surface area (Å²) in [5, 5.41) is 3.87. The number of benzene rings is 2. The summed E-state index contributed by atoms with van der Waals surface area (Å²) in [5.74, 6) is 0. The molecule has 16 heavy (non-hydrogen) atoms. The molecule has 0 unspecified atom stereocenters. The second-order valence-corrected chi connectivity index (χ2v) is 4.95. The molecule has 1 nitrogen and oxygen atoms in total. The molecule has 0 saturated carbocycles. The maximum atomic E-state index is 5.45. The third-order valence-electron chi connectivity index (χ3n) is 2.97.